The van der Waals surface area contributed by atoms with Crippen molar-refractivity contribution in [3.8, 4) is 5.69 Å². The van der Waals surface area contributed by atoms with E-state index in [1.54, 1.807) is 16.8 Å². The van der Waals surface area contributed by atoms with Gasteiger partial charge in [-0.25, -0.2) is 9.07 Å². The van der Waals surface area contributed by atoms with Crippen LogP contribution >= 0.6 is 0 Å². The van der Waals surface area contributed by atoms with E-state index in [-0.39, 0.29) is 17.6 Å². The lowest BCUT2D eigenvalue weighted by atomic mass is 9.79. The number of aromatic nitrogens is 2. The zero-order valence-electron chi connectivity index (χ0n) is 16.8. The number of nitrogens with one attached hydrogen (secondary N) is 1. The van der Waals surface area contributed by atoms with E-state index in [4.69, 9.17) is 0 Å². The van der Waals surface area contributed by atoms with Gasteiger partial charge in [-0.15, -0.1) is 0 Å². The van der Waals surface area contributed by atoms with Gasteiger partial charge >= 0.3 is 0 Å². The molecule has 5 nitrogen and oxygen atoms in total. The zero-order chi connectivity index (χ0) is 20.4. The fourth-order valence-corrected chi connectivity index (χ4v) is 5.71. The average molecular weight is 418 g/mol. The average Bonchev–Trinajstić information content (AvgIpc) is 3.24. The van der Waals surface area contributed by atoms with Crippen LogP contribution in [0.5, 0.6) is 0 Å². The first kappa shape index (κ1) is 20.3. The Labute approximate surface area is 173 Å². The zero-order valence-corrected chi connectivity index (χ0v) is 17.6. The molecular formula is C22H28FN3O2S. The highest BCUT2D eigenvalue weighted by atomic mass is 32.2. The van der Waals surface area contributed by atoms with E-state index in [9.17, 15) is 13.4 Å². The van der Waals surface area contributed by atoms with Gasteiger partial charge < -0.3 is 5.32 Å². The Hall–Kier alpha value is -2.02. The second kappa shape index (κ2) is 8.78. The highest BCUT2D eigenvalue weighted by Gasteiger charge is 2.31. The lowest BCUT2D eigenvalue weighted by molar-refractivity contribution is -0.121. The molecule has 0 radical (unpaired) electrons. The molecule has 2 heterocycles. The van der Waals surface area contributed by atoms with Gasteiger partial charge in [0.25, 0.3) is 0 Å². The molecular weight excluding hydrogens is 389 g/mol. The molecule has 0 unspecified atom stereocenters. The summed E-state index contributed by atoms with van der Waals surface area (Å²) in [6.07, 6.45) is 7.80. The Bertz CT molecular complexity index is 902. The van der Waals surface area contributed by atoms with Crippen molar-refractivity contribution in [1.29, 1.82) is 0 Å². The normalized spacial score (nSPS) is 23.7. The van der Waals surface area contributed by atoms with Crippen molar-refractivity contribution in [3.05, 3.63) is 41.3 Å². The van der Waals surface area contributed by atoms with Gasteiger partial charge in [0.15, 0.2) is 0 Å². The minimum absolute atomic E-state index is 0.00648. The summed E-state index contributed by atoms with van der Waals surface area (Å²) in [6.45, 7) is 2.22. The first-order chi connectivity index (χ1) is 14.0. The van der Waals surface area contributed by atoms with Gasteiger partial charge in [-0.1, -0.05) is 26.2 Å². The van der Waals surface area contributed by atoms with Crippen LogP contribution in [0.2, 0.25) is 0 Å². The third-order valence-electron chi connectivity index (χ3n) is 6.17. The molecule has 1 saturated carbocycles. The van der Waals surface area contributed by atoms with Crippen LogP contribution in [0, 0.1) is 17.7 Å². The van der Waals surface area contributed by atoms with Crippen molar-refractivity contribution in [2.75, 3.05) is 5.32 Å². The molecule has 1 aromatic heterocycles. The molecule has 0 spiro atoms. The van der Waals surface area contributed by atoms with E-state index in [2.05, 4.69) is 17.3 Å². The first-order valence-electron chi connectivity index (χ1n) is 10.6. The predicted molar refractivity (Wildman–Crippen MR) is 113 cm³/mol. The van der Waals surface area contributed by atoms with Gasteiger partial charge in [-0.3, -0.25) is 9.00 Å². The van der Waals surface area contributed by atoms with Crippen molar-refractivity contribution in [1.82, 2.24) is 9.78 Å². The molecule has 2 aliphatic rings. The standard InChI is InChI=1S/C22H28FN3O2S/c1-2-3-4-15-5-7-16(8-6-15)22(27)24-21-19-13-29(28)14-20(19)25-26(21)18-11-9-17(23)10-12-18/h9-12,15-16H,2-8,13-14H2,1H3,(H,24,27)/t15?,16?,29-/m0/s1. The highest BCUT2D eigenvalue weighted by molar-refractivity contribution is 7.83. The Kier molecular flexibility index (Phi) is 6.13. The number of hydrogen-bond donors (Lipinski definition) is 1. The number of rotatable bonds is 6. The topological polar surface area (TPSA) is 64.0 Å². The molecule has 1 atom stereocenters. The maximum atomic E-state index is 13.3. The lowest BCUT2D eigenvalue weighted by Crippen LogP contribution is -2.28. The second-order valence-electron chi connectivity index (χ2n) is 8.24. The molecule has 2 aromatic rings. The van der Waals surface area contributed by atoms with Crippen LogP contribution in [0.25, 0.3) is 5.69 Å². The number of halogens is 1. The van der Waals surface area contributed by atoms with Gasteiger partial charge in [0.05, 0.1) is 22.9 Å². The Morgan fingerprint density at radius 3 is 2.62 bits per heavy atom. The molecule has 1 aliphatic heterocycles. The maximum Gasteiger partial charge on any atom is 0.228 e. The third-order valence-corrected chi connectivity index (χ3v) is 7.37. The number of benzene rings is 1. The van der Waals surface area contributed by atoms with Gasteiger partial charge in [0.1, 0.15) is 11.6 Å². The fourth-order valence-electron chi connectivity index (χ4n) is 4.45. The van der Waals surface area contributed by atoms with Gasteiger partial charge in [-0.2, -0.15) is 5.10 Å². The number of hydrogen-bond acceptors (Lipinski definition) is 3. The molecule has 1 aromatic carbocycles. The van der Waals surface area contributed by atoms with E-state index in [0.717, 1.165) is 42.9 Å². The van der Waals surface area contributed by atoms with Crippen LogP contribution in [0.3, 0.4) is 0 Å². The number of carbonyl (C=O) groups is 1. The van der Waals surface area contributed by atoms with Crippen molar-refractivity contribution < 1.29 is 13.4 Å². The Balaban J connectivity index is 1.51. The van der Waals surface area contributed by atoms with Crippen molar-refractivity contribution in [2.45, 2.75) is 63.4 Å². The number of amides is 1. The van der Waals surface area contributed by atoms with E-state index in [0.29, 0.717) is 23.0 Å². The van der Waals surface area contributed by atoms with Crippen LogP contribution in [-0.2, 0) is 27.1 Å². The third kappa shape index (κ3) is 4.44. The number of fused-ring (bicyclic) bond motifs is 1. The fraction of sp³-hybridized carbons (Fsp3) is 0.545. The molecule has 1 fully saturated rings. The van der Waals surface area contributed by atoms with Crippen LogP contribution < -0.4 is 5.32 Å². The van der Waals surface area contributed by atoms with Crippen molar-refractivity contribution in [2.24, 2.45) is 11.8 Å². The Morgan fingerprint density at radius 2 is 1.93 bits per heavy atom. The molecule has 0 bridgehead atoms. The highest BCUT2D eigenvalue weighted by Crippen LogP contribution is 2.35. The summed E-state index contributed by atoms with van der Waals surface area (Å²) in [5.41, 5.74) is 2.29. The van der Waals surface area contributed by atoms with Gasteiger partial charge in [-0.05, 0) is 55.9 Å². The SMILES string of the molecule is CCCCC1CCC(C(=O)Nc2c3c(nn2-c2ccc(F)cc2)C[S@@](=O)C3)CC1. The van der Waals surface area contributed by atoms with E-state index in [1.807, 2.05) is 0 Å². The van der Waals surface area contributed by atoms with E-state index < -0.39 is 10.8 Å². The lowest BCUT2D eigenvalue weighted by Gasteiger charge is -2.27. The summed E-state index contributed by atoms with van der Waals surface area (Å²) < 4.78 is 27.0. The smallest absolute Gasteiger partial charge is 0.228 e. The molecule has 7 heteroatoms. The maximum absolute atomic E-state index is 13.3. The van der Waals surface area contributed by atoms with E-state index in [1.165, 1.54) is 31.4 Å². The van der Waals surface area contributed by atoms with Crippen LogP contribution in [0.15, 0.2) is 24.3 Å². The molecule has 1 N–H and O–H groups in total. The van der Waals surface area contributed by atoms with Crippen molar-refractivity contribution in [3.63, 3.8) is 0 Å². The summed E-state index contributed by atoms with van der Waals surface area (Å²) in [7, 11) is -0.982. The van der Waals surface area contributed by atoms with Gasteiger partial charge in [0.2, 0.25) is 5.91 Å². The molecule has 4 rings (SSSR count). The molecule has 0 saturated heterocycles. The van der Waals surface area contributed by atoms with Crippen LogP contribution in [0.4, 0.5) is 10.2 Å². The summed E-state index contributed by atoms with van der Waals surface area (Å²) in [5, 5.41) is 7.66. The Morgan fingerprint density at radius 1 is 1.21 bits per heavy atom. The minimum Gasteiger partial charge on any atom is -0.310 e. The van der Waals surface area contributed by atoms with Crippen LogP contribution in [-0.4, -0.2) is 19.9 Å². The molecule has 29 heavy (non-hydrogen) atoms. The molecule has 1 aliphatic carbocycles. The first-order valence-corrected chi connectivity index (χ1v) is 12.1. The van der Waals surface area contributed by atoms with Gasteiger partial charge in [0, 0.05) is 22.3 Å². The second-order valence-corrected chi connectivity index (χ2v) is 9.70. The van der Waals surface area contributed by atoms with Crippen molar-refractivity contribution >= 4 is 22.5 Å². The number of anilines is 1. The number of carbonyl (C=O) groups excluding carboxylic acids is 1. The van der Waals surface area contributed by atoms with E-state index >= 15 is 0 Å². The number of nitrogens with zero attached hydrogens (tertiary/aromatic N) is 2. The summed E-state index contributed by atoms with van der Waals surface area (Å²) in [6, 6.07) is 6.04. The largest absolute Gasteiger partial charge is 0.310 e. The monoisotopic (exact) mass is 417 g/mol. The quantitative estimate of drug-likeness (QED) is 0.740. The predicted octanol–water partition coefficient (Wildman–Crippen LogP) is 4.71. The summed E-state index contributed by atoms with van der Waals surface area (Å²) in [5.74, 6) is 1.84. The molecule has 1 amide bonds. The van der Waals surface area contributed by atoms with Crippen LogP contribution in [0.1, 0.15) is 63.1 Å². The number of unbranched alkanes of at least 4 members (excludes halogenated alkanes) is 1. The summed E-state index contributed by atoms with van der Waals surface area (Å²) >= 11 is 0. The molecule has 156 valence electrons. The summed E-state index contributed by atoms with van der Waals surface area (Å²) in [4.78, 5) is 13.0. The minimum atomic E-state index is -0.982.